The Morgan fingerprint density at radius 1 is 1.22 bits per heavy atom. The molecular formula is C17H13BrClNO3. The van der Waals surface area contributed by atoms with E-state index in [9.17, 15) is 9.59 Å². The van der Waals surface area contributed by atoms with Crippen molar-refractivity contribution in [3.05, 3.63) is 58.0 Å². The second-order valence-electron chi connectivity index (χ2n) is 5.26. The van der Waals surface area contributed by atoms with E-state index in [2.05, 4.69) is 15.9 Å². The highest BCUT2D eigenvalue weighted by Crippen LogP contribution is 2.28. The molecule has 118 valence electrons. The Hall–Kier alpha value is -1.85. The Morgan fingerprint density at radius 3 is 2.65 bits per heavy atom. The third kappa shape index (κ3) is 3.74. The van der Waals surface area contributed by atoms with Gasteiger partial charge in [-0.05, 0) is 42.5 Å². The molecular weight excluding hydrogens is 382 g/mol. The minimum atomic E-state index is -0.481. The van der Waals surface area contributed by atoms with Gasteiger partial charge in [-0.25, -0.2) is 0 Å². The van der Waals surface area contributed by atoms with Crippen molar-refractivity contribution in [2.75, 3.05) is 11.4 Å². The first-order valence-corrected chi connectivity index (χ1v) is 8.23. The minimum Gasteiger partial charge on any atom is -0.426 e. The fourth-order valence-electron chi connectivity index (χ4n) is 2.46. The number of carbonyl (C=O) groups is 2. The van der Waals surface area contributed by atoms with Crippen molar-refractivity contribution < 1.29 is 14.3 Å². The zero-order valence-electron chi connectivity index (χ0n) is 12.0. The van der Waals surface area contributed by atoms with Gasteiger partial charge < -0.3 is 9.64 Å². The second-order valence-corrected chi connectivity index (χ2v) is 6.61. The van der Waals surface area contributed by atoms with E-state index in [0.29, 0.717) is 23.0 Å². The summed E-state index contributed by atoms with van der Waals surface area (Å²) in [5.74, 6) is -0.521. The van der Waals surface area contributed by atoms with E-state index < -0.39 is 11.9 Å². The average molecular weight is 395 g/mol. The highest BCUT2D eigenvalue weighted by atomic mass is 79.9. The van der Waals surface area contributed by atoms with Crippen molar-refractivity contribution in [1.82, 2.24) is 0 Å². The monoisotopic (exact) mass is 393 g/mol. The van der Waals surface area contributed by atoms with Crippen LogP contribution in [0.5, 0.6) is 5.75 Å². The number of hydrogen-bond donors (Lipinski definition) is 0. The Bertz CT molecular complexity index is 748. The smallest absolute Gasteiger partial charge is 0.316 e. The summed E-state index contributed by atoms with van der Waals surface area (Å²) in [6, 6.07) is 14.0. The Balaban J connectivity index is 1.69. The molecule has 1 aliphatic heterocycles. The highest BCUT2D eigenvalue weighted by Gasteiger charge is 2.36. The number of benzene rings is 2. The van der Waals surface area contributed by atoms with E-state index in [-0.39, 0.29) is 12.3 Å². The van der Waals surface area contributed by atoms with Crippen LogP contribution in [0.4, 0.5) is 5.69 Å². The van der Waals surface area contributed by atoms with Crippen LogP contribution in [0.25, 0.3) is 0 Å². The van der Waals surface area contributed by atoms with Gasteiger partial charge in [-0.3, -0.25) is 9.59 Å². The van der Waals surface area contributed by atoms with Gasteiger partial charge in [0.05, 0.1) is 5.92 Å². The molecule has 4 nitrogen and oxygen atoms in total. The normalized spacial score (nSPS) is 17.4. The number of carbonyl (C=O) groups excluding carboxylic acids is 2. The third-order valence-electron chi connectivity index (χ3n) is 3.61. The number of rotatable bonds is 3. The van der Waals surface area contributed by atoms with Gasteiger partial charge in [-0.15, -0.1) is 0 Å². The van der Waals surface area contributed by atoms with Crippen molar-refractivity contribution in [3.8, 4) is 5.75 Å². The molecule has 1 saturated heterocycles. The standard InChI is InChI=1S/C17H13BrClNO3/c18-12-4-6-15(7-5-12)23-17(22)11-8-16(21)20(10-11)14-3-1-2-13(19)9-14/h1-7,9,11H,8,10H2/t11-/m1/s1. The molecule has 1 aliphatic rings. The van der Waals surface area contributed by atoms with Crippen LogP contribution >= 0.6 is 27.5 Å². The van der Waals surface area contributed by atoms with Crippen LogP contribution in [0.3, 0.4) is 0 Å². The lowest BCUT2D eigenvalue weighted by Gasteiger charge is -2.16. The summed E-state index contributed by atoms with van der Waals surface area (Å²) in [6.07, 6.45) is 0.141. The minimum absolute atomic E-state index is 0.106. The van der Waals surface area contributed by atoms with Crippen LogP contribution in [0.1, 0.15) is 6.42 Å². The van der Waals surface area contributed by atoms with Gasteiger partial charge >= 0.3 is 5.97 Å². The van der Waals surface area contributed by atoms with E-state index in [1.807, 2.05) is 0 Å². The number of ether oxygens (including phenoxy) is 1. The van der Waals surface area contributed by atoms with Gasteiger partial charge in [0.1, 0.15) is 5.75 Å². The summed E-state index contributed by atoms with van der Waals surface area (Å²) in [5.41, 5.74) is 0.696. The molecule has 0 radical (unpaired) electrons. The molecule has 23 heavy (non-hydrogen) atoms. The number of esters is 1. The average Bonchev–Trinajstić information content (AvgIpc) is 2.92. The van der Waals surface area contributed by atoms with E-state index in [4.69, 9.17) is 16.3 Å². The zero-order valence-corrected chi connectivity index (χ0v) is 14.4. The fraction of sp³-hybridized carbons (Fsp3) is 0.176. The summed E-state index contributed by atoms with van der Waals surface area (Å²) in [5, 5.41) is 0.552. The van der Waals surface area contributed by atoms with Crippen molar-refractivity contribution >= 4 is 45.1 Å². The number of amides is 1. The molecule has 0 N–H and O–H groups in total. The molecule has 1 fully saturated rings. The molecule has 0 spiro atoms. The lowest BCUT2D eigenvalue weighted by Crippen LogP contribution is -2.27. The van der Waals surface area contributed by atoms with E-state index in [1.54, 1.807) is 53.4 Å². The quantitative estimate of drug-likeness (QED) is 0.582. The molecule has 0 aromatic heterocycles. The van der Waals surface area contributed by atoms with Crippen LogP contribution < -0.4 is 9.64 Å². The predicted molar refractivity (Wildman–Crippen MR) is 91.7 cm³/mol. The number of halogens is 2. The van der Waals surface area contributed by atoms with E-state index >= 15 is 0 Å². The lowest BCUT2D eigenvalue weighted by atomic mass is 10.1. The summed E-state index contributed by atoms with van der Waals surface area (Å²) >= 11 is 9.28. The van der Waals surface area contributed by atoms with Gasteiger partial charge in [0.15, 0.2) is 0 Å². The first kappa shape index (κ1) is 16.0. The Morgan fingerprint density at radius 2 is 1.96 bits per heavy atom. The Labute approximate surface area is 147 Å². The SMILES string of the molecule is O=C(Oc1ccc(Br)cc1)[C@@H]1CC(=O)N(c2cccc(Cl)c2)C1. The fourth-order valence-corrected chi connectivity index (χ4v) is 2.91. The molecule has 0 aliphatic carbocycles. The number of anilines is 1. The van der Waals surface area contributed by atoms with Gasteiger partial charge in [-0.1, -0.05) is 33.6 Å². The van der Waals surface area contributed by atoms with Crippen molar-refractivity contribution in [2.24, 2.45) is 5.92 Å². The van der Waals surface area contributed by atoms with Crippen LogP contribution in [0.15, 0.2) is 53.0 Å². The molecule has 2 aromatic carbocycles. The molecule has 1 atom stereocenters. The van der Waals surface area contributed by atoms with Gasteiger partial charge in [0.2, 0.25) is 5.91 Å². The van der Waals surface area contributed by atoms with Crippen LogP contribution in [0.2, 0.25) is 5.02 Å². The summed E-state index contributed by atoms with van der Waals surface area (Å²) in [7, 11) is 0. The highest BCUT2D eigenvalue weighted by molar-refractivity contribution is 9.10. The van der Waals surface area contributed by atoms with Crippen molar-refractivity contribution in [1.29, 1.82) is 0 Å². The molecule has 0 saturated carbocycles. The summed E-state index contributed by atoms with van der Waals surface area (Å²) < 4.78 is 6.25. The molecule has 1 heterocycles. The molecule has 2 aromatic rings. The first-order valence-electron chi connectivity index (χ1n) is 7.06. The van der Waals surface area contributed by atoms with E-state index in [1.165, 1.54) is 0 Å². The first-order chi connectivity index (χ1) is 11.0. The van der Waals surface area contributed by atoms with E-state index in [0.717, 1.165) is 4.47 Å². The maximum Gasteiger partial charge on any atom is 0.316 e. The maximum absolute atomic E-state index is 12.3. The largest absolute Gasteiger partial charge is 0.426 e. The van der Waals surface area contributed by atoms with Crippen molar-refractivity contribution in [3.63, 3.8) is 0 Å². The summed E-state index contributed by atoms with van der Waals surface area (Å²) in [4.78, 5) is 26.0. The summed E-state index contributed by atoms with van der Waals surface area (Å²) in [6.45, 7) is 0.300. The molecule has 3 rings (SSSR count). The second kappa shape index (κ2) is 6.72. The van der Waals surface area contributed by atoms with Crippen molar-refractivity contribution in [2.45, 2.75) is 6.42 Å². The Kier molecular flexibility index (Phi) is 4.68. The molecule has 1 amide bonds. The predicted octanol–water partition coefficient (Wildman–Crippen LogP) is 4.06. The maximum atomic E-state index is 12.3. The van der Waals surface area contributed by atoms with Crippen LogP contribution in [-0.2, 0) is 9.59 Å². The number of nitrogens with zero attached hydrogens (tertiary/aromatic N) is 1. The van der Waals surface area contributed by atoms with Gasteiger partial charge in [0, 0.05) is 28.1 Å². The van der Waals surface area contributed by atoms with Crippen LogP contribution in [0, 0.1) is 5.92 Å². The lowest BCUT2D eigenvalue weighted by molar-refractivity contribution is -0.139. The topological polar surface area (TPSA) is 46.6 Å². The molecule has 6 heteroatoms. The van der Waals surface area contributed by atoms with Crippen LogP contribution in [-0.4, -0.2) is 18.4 Å². The number of hydrogen-bond acceptors (Lipinski definition) is 3. The molecule has 0 unspecified atom stereocenters. The third-order valence-corrected chi connectivity index (χ3v) is 4.37. The zero-order chi connectivity index (χ0) is 16.4. The molecule has 0 bridgehead atoms. The van der Waals surface area contributed by atoms with Gasteiger partial charge in [0.25, 0.3) is 0 Å². The van der Waals surface area contributed by atoms with Gasteiger partial charge in [-0.2, -0.15) is 0 Å².